The molecule has 0 atom stereocenters. The Morgan fingerprint density at radius 3 is 2.75 bits per heavy atom. The molecule has 1 aromatic rings. The van der Waals surface area contributed by atoms with E-state index >= 15 is 0 Å². The van der Waals surface area contributed by atoms with E-state index in [0.717, 1.165) is 37.7 Å². The number of carbonyl (C=O) groups excluding carboxylic acids is 2. The predicted octanol–water partition coefficient (Wildman–Crippen LogP) is 2.34. The quantitative estimate of drug-likeness (QED) is 0.773. The third-order valence-electron chi connectivity index (χ3n) is 2.93. The van der Waals surface area contributed by atoms with Gasteiger partial charge < -0.3 is 5.32 Å². The van der Waals surface area contributed by atoms with E-state index in [-0.39, 0.29) is 5.91 Å². The summed E-state index contributed by atoms with van der Waals surface area (Å²) in [6.07, 6.45) is 5.14. The Balaban J connectivity index is 2.47. The van der Waals surface area contributed by atoms with Gasteiger partial charge in [-0.25, -0.2) is 0 Å². The number of aldehydes is 1. The second kappa shape index (κ2) is 4.47. The van der Waals surface area contributed by atoms with Crippen LogP contribution in [-0.2, 0) is 17.6 Å². The van der Waals surface area contributed by atoms with Crippen LogP contribution >= 0.6 is 0 Å². The first-order valence-electron chi connectivity index (χ1n) is 5.59. The summed E-state index contributed by atoms with van der Waals surface area (Å²) >= 11 is 0. The van der Waals surface area contributed by atoms with Gasteiger partial charge in [-0.2, -0.15) is 0 Å². The van der Waals surface area contributed by atoms with Crippen LogP contribution in [0, 0.1) is 0 Å². The number of amides is 1. The molecule has 0 aromatic heterocycles. The topological polar surface area (TPSA) is 46.2 Å². The molecule has 84 valence electrons. The Bertz CT molecular complexity index is 438. The van der Waals surface area contributed by atoms with Crippen molar-refractivity contribution in [3.05, 3.63) is 28.8 Å². The van der Waals surface area contributed by atoms with E-state index in [1.807, 2.05) is 6.07 Å². The van der Waals surface area contributed by atoms with Gasteiger partial charge in [-0.1, -0.05) is 0 Å². The highest BCUT2D eigenvalue weighted by atomic mass is 16.1. The second-order valence-corrected chi connectivity index (χ2v) is 4.21. The van der Waals surface area contributed by atoms with Gasteiger partial charge in [-0.3, -0.25) is 9.59 Å². The fraction of sp³-hybridized carbons (Fsp3) is 0.385. The fourth-order valence-corrected chi connectivity index (χ4v) is 2.26. The van der Waals surface area contributed by atoms with E-state index in [9.17, 15) is 9.59 Å². The lowest BCUT2D eigenvalue weighted by molar-refractivity contribution is -0.114. The summed E-state index contributed by atoms with van der Waals surface area (Å²) in [4.78, 5) is 21.9. The minimum atomic E-state index is -0.0872. The molecule has 1 N–H and O–H groups in total. The zero-order valence-electron chi connectivity index (χ0n) is 9.38. The van der Waals surface area contributed by atoms with E-state index in [1.54, 1.807) is 6.07 Å². The molecule has 1 aliphatic rings. The highest BCUT2D eigenvalue weighted by Gasteiger charge is 2.15. The molecule has 0 heterocycles. The minimum Gasteiger partial charge on any atom is -0.326 e. The van der Waals surface area contributed by atoms with Crippen molar-refractivity contribution in [1.82, 2.24) is 0 Å². The van der Waals surface area contributed by atoms with Crippen molar-refractivity contribution in [2.45, 2.75) is 32.6 Å². The van der Waals surface area contributed by atoms with Gasteiger partial charge >= 0.3 is 0 Å². The van der Waals surface area contributed by atoms with Crippen LogP contribution in [0.3, 0.4) is 0 Å². The lowest BCUT2D eigenvalue weighted by atomic mass is 9.89. The molecule has 0 saturated carbocycles. The maximum absolute atomic E-state index is 11.1. The highest BCUT2D eigenvalue weighted by Crippen LogP contribution is 2.29. The Kier molecular flexibility index (Phi) is 3.04. The molecular formula is C13H15NO2. The fourth-order valence-electron chi connectivity index (χ4n) is 2.26. The monoisotopic (exact) mass is 217 g/mol. The van der Waals surface area contributed by atoms with Crippen LogP contribution in [0.5, 0.6) is 0 Å². The van der Waals surface area contributed by atoms with Gasteiger partial charge in [0.2, 0.25) is 5.91 Å². The van der Waals surface area contributed by atoms with Crippen LogP contribution in [0.1, 0.15) is 41.3 Å². The zero-order valence-corrected chi connectivity index (χ0v) is 9.38. The van der Waals surface area contributed by atoms with Crippen molar-refractivity contribution in [1.29, 1.82) is 0 Å². The molecule has 1 aliphatic carbocycles. The molecule has 0 aliphatic heterocycles. The first-order chi connectivity index (χ1) is 7.70. The Morgan fingerprint density at radius 1 is 1.31 bits per heavy atom. The van der Waals surface area contributed by atoms with Crippen LogP contribution in [-0.4, -0.2) is 12.2 Å². The van der Waals surface area contributed by atoms with Crippen molar-refractivity contribution >= 4 is 17.9 Å². The van der Waals surface area contributed by atoms with Crippen LogP contribution < -0.4 is 5.32 Å². The van der Waals surface area contributed by atoms with E-state index in [4.69, 9.17) is 0 Å². The van der Waals surface area contributed by atoms with Crippen molar-refractivity contribution < 1.29 is 9.59 Å². The van der Waals surface area contributed by atoms with Gasteiger partial charge in [-0.15, -0.1) is 0 Å². The van der Waals surface area contributed by atoms with Crippen molar-refractivity contribution in [2.24, 2.45) is 0 Å². The summed E-state index contributed by atoms with van der Waals surface area (Å²) in [5.74, 6) is -0.0872. The standard InChI is InChI=1S/C13H15NO2/c1-9(16)14-13-7-10(8-15)6-11-4-2-3-5-12(11)13/h6-8H,2-5H2,1H3,(H,14,16). The van der Waals surface area contributed by atoms with Crippen molar-refractivity contribution in [3.8, 4) is 0 Å². The Morgan fingerprint density at radius 2 is 2.06 bits per heavy atom. The SMILES string of the molecule is CC(=O)Nc1cc(C=O)cc2c1CCCC2. The van der Waals surface area contributed by atoms with Gasteiger partial charge in [-0.05, 0) is 48.9 Å². The number of aryl methyl sites for hydroxylation is 1. The largest absolute Gasteiger partial charge is 0.326 e. The lowest BCUT2D eigenvalue weighted by Crippen LogP contribution is -2.12. The molecule has 0 spiro atoms. The second-order valence-electron chi connectivity index (χ2n) is 4.21. The zero-order chi connectivity index (χ0) is 11.5. The molecule has 0 unspecified atom stereocenters. The number of fused-ring (bicyclic) bond motifs is 1. The maximum Gasteiger partial charge on any atom is 0.221 e. The molecule has 0 bridgehead atoms. The smallest absolute Gasteiger partial charge is 0.221 e. The van der Waals surface area contributed by atoms with Crippen LogP contribution in [0.2, 0.25) is 0 Å². The van der Waals surface area contributed by atoms with E-state index in [1.165, 1.54) is 18.1 Å². The summed E-state index contributed by atoms with van der Waals surface area (Å²) in [6, 6.07) is 3.70. The van der Waals surface area contributed by atoms with Crippen LogP contribution in [0.4, 0.5) is 5.69 Å². The molecule has 2 rings (SSSR count). The summed E-state index contributed by atoms with van der Waals surface area (Å²) in [6.45, 7) is 1.49. The number of hydrogen-bond acceptors (Lipinski definition) is 2. The third-order valence-corrected chi connectivity index (χ3v) is 2.93. The molecule has 1 amide bonds. The molecule has 0 fully saturated rings. The minimum absolute atomic E-state index is 0.0872. The van der Waals surface area contributed by atoms with Crippen molar-refractivity contribution in [2.75, 3.05) is 5.32 Å². The van der Waals surface area contributed by atoms with E-state index < -0.39 is 0 Å². The van der Waals surface area contributed by atoms with Gasteiger partial charge in [0, 0.05) is 18.2 Å². The number of rotatable bonds is 2. The molecule has 1 aromatic carbocycles. The average Bonchev–Trinajstić information content (AvgIpc) is 2.28. The number of hydrogen-bond donors (Lipinski definition) is 1. The lowest BCUT2D eigenvalue weighted by Gasteiger charge is -2.20. The Labute approximate surface area is 94.9 Å². The molecular weight excluding hydrogens is 202 g/mol. The van der Waals surface area contributed by atoms with Gasteiger partial charge in [0.05, 0.1) is 0 Å². The molecule has 3 nitrogen and oxygen atoms in total. The highest BCUT2D eigenvalue weighted by molar-refractivity contribution is 5.91. The first kappa shape index (κ1) is 10.9. The number of anilines is 1. The summed E-state index contributed by atoms with van der Waals surface area (Å²) in [5.41, 5.74) is 3.86. The number of benzene rings is 1. The van der Waals surface area contributed by atoms with Gasteiger partial charge in [0.25, 0.3) is 0 Å². The predicted molar refractivity (Wildman–Crippen MR) is 62.8 cm³/mol. The summed E-state index contributed by atoms with van der Waals surface area (Å²) < 4.78 is 0. The van der Waals surface area contributed by atoms with Gasteiger partial charge in [0.15, 0.2) is 0 Å². The summed E-state index contributed by atoms with van der Waals surface area (Å²) in [7, 11) is 0. The van der Waals surface area contributed by atoms with E-state index in [2.05, 4.69) is 5.32 Å². The molecule has 16 heavy (non-hydrogen) atoms. The molecule has 0 saturated heterocycles. The Hall–Kier alpha value is -1.64. The van der Waals surface area contributed by atoms with Crippen LogP contribution in [0.15, 0.2) is 12.1 Å². The van der Waals surface area contributed by atoms with Gasteiger partial charge in [0.1, 0.15) is 6.29 Å². The molecule has 3 heteroatoms. The first-order valence-corrected chi connectivity index (χ1v) is 5.59. The molecule has 0 radical (unpaired) electrons. The summed E-state index contributed by atoms with van der Waals surface area (Å²) in [5, 5.41) is 2.81. The van der Waals surface area contributed by atoms with Crippen molar-refractivity contribution in [3.63, 3.8) is 0 Å². The number of carbonyl (C=O) groups is 2. The number of nitrogens with one attached hydrogen (secondary N) is 1. The average molecular weight is 217 g/mol. The normalized spacial score (nSPS) is 14.1. The van der Waals surface area contributed by atoms with E-state index in [0.29, 0.717) is 5.56 Å². The van der Waals surface area contributed by atoms with Crippen LogP contribution in [0.25, 0.3) is 0 Å². The third kappa shape index (κ3) is 2.13. The maximum atomic E-state index is 11.1.